The molecule has 2 atom stereocenters. The summed E-state index contributed by atoms with van der Waals surface area (Å²) in [4.78, 5) is 35.9. The number of carboxylic acid groups (broad SMARTS) is 1. The SMILES string of the molecule is CCOC(CNC(=O)OCC1c2ccccc2-c2ccccc21)CC(=O)NC(C)(CO)C(=O)O. The molecule has 2 aromatic carbocycles. The number of nitrogens with one attached hydrogen (secondary N) is 2. The molecule has 0 heterocycles. The number of ether oxygens (including phenoxy) is 2. The minimum atomic E-state index is -1.80. The number of alkyl carbamates (subject to hydrolysis) is 1. The molecule has 0 saturated carbocycles. The molecule has 2 unspecified atom stereocenters. The average molecular weight is 471 g/mol. The highest BCUT2D eigenvalue weighted by molar-refractivity contribution is 5.87. The van der Waals surface area contributed by atoms with Crippen LogP contribution >= 0.6 is 0 Å². The number of carboxylic acids is 1. The van der Waals surface area contributed by atoms with E-state index in [1.165, 1.54) is 6.92 Å². The van der Waals surface area contributed by atoms with E-state index in [9.17, 15) is 24.6 Å². The summed E-state index contributed by atoms with van der Waals surface area (Å²) in [6, 6.07) is 16.0. The smallest absolute Gasteiger partial charge is 0.407 e. The van der Waals surface area contributed by atoms with Crippen LogP contribution in [-0.4, -0.2) is 66.2 Å². The van der Waals surface area contributed by atoms with Gasteiger partial charge < -0.3 is 30.3 Å². The number of hydrogen-bond acceptors (Lipinski definition) is 6. The minimum Gasteiger partial charge on any atom is -0.479 e. The number of carbonyl (C=O) groups excluding carboxylic acids is 2. The van der Waals surface area contributed by atoms with E-state index in [0.29, 0.717) is 6.61 Å². The molecule has 0 aromatic heterocycles. The normalized spacial score (nSPS) is 14.9. The van der Waals surface area contributed by atoms with Crippen LogP contribution < -0.4 is 10.6 Å². The van der Waals surface area contributed by atoms with Crippen molar-refractivity contribution in [3.63, 3.8) is 0 Å². The fraction of sp³-hybridized carbons (Fsp3) is 0.400. The molecule has 2 aromatic rings. The lowest BCUT2D eigenvalue weighted by Gasteiger charge is -2.25. The van der Waals surface area contributed by atoms with Crippen LogP contribution in [0, 0.1) is 0 Å². The first-order chi connectivity index (χ1) is 16.3. The molecule has 9 heteroatoms. The predicted octanol–water partition coefficient (Wildman–Crippen LogP) is 2.27. The summed E-state index contributed by atoms with van der Waals surface area (Å²) in [5, 5.41) is 23.4. The minimum absolute atomic E-state index is 0.000838. The summed E-state index contributed by atoms with van der Waals surface area (Å²) in [6.45, 7) is 2.64. The first-order valence-electron chi connectivity index (χ1n) is 11.1. The van der Waals surface area contributed by atoms with Gasteiger partial charge in [0.25, 0.3) is 0 Å². The second-order valence-electron chi connectivity index (χ2n) is 8.33. The topological polar surface area (TPSA) is 134 Å². The molecule has 0 bridgehead atoms. The molecule has 3 rings (SSSR count). The average Bonchev–Trinajstić information content (AvgIpc) is 3.14. The van der Waals surface area contributed by atoms with Crippen LogP contribution in [0.15, 0.2) is 48.5 Å². The molecular weight excluding hydrogens is 440 g/mol. The van der Waals surface area contributed by atoms with Crippen molar-refractivity contribution in [3.05, 3.63) is 59.7 Å². The maximum atomic E-state index is 12.4. The zero-order chi connectivity index (χ0) is 24.7. The van der Waals surface area contributed by atoms with Crippen LogP contribution in [0.1, 0.15) is 37.3 Å². The number of hydrogen-bond donors (Lipinski definition) is 4. The number of benzene rings is 2. The van der Waals surface area contributed by atoms with Crippen molar-refractivity contribution in [2.24, 2.45) is 0 Å². The van der Waals surface area contributed by atoms with Crippen molar-refractivity contribution in [2.75, 3.05) is 26.4 Å². The zero-order valence-electron chi connectivity index (χ0n) is 19.2. The fourth-order valence-corrected chi connectivity index (χ4v) is 4.00. The first kappa shape index (κ1) is 25.2. The quantitative estimate of drug-likeness (QED) is 0.396. The lowest BCUT2D eigenvalue weighted by atomic mass is 9.98. The van der Waals surface area contributed by atoms with Crippen LogP contribution in [0.5, 0.6) is 0 Å². The number of carbonyl (C=O) groups is 3. The Bertz CT molecular complexity index is 996. The van der Waals surface area contributed by atoms with Gasteiger partial charge in [-0.15, -0.1) is 0 Å². The Hall–Kier alpha value is -3.43. The summed E-state index contributed by atoms with van der Waals surface area (Å²) in [7, 11) is 0. The van der Waals surface area contributed by atoms with Gasteiger partial charge in [0, 0.05) is 19.1 Å². The molecular formula is C25H30N2O7. The Balaban J connectivity index is 1.54. The molecule has 0 saturated heterocycles. The summed E-state index contributed by atoms with van der Waals surface area (Å²) in [6.07, 6.45) is -1.53. The maximum absolute atomic E-state index is 12.4. The second-order valence-corrected chi connectivity index (χ2v) is 8.33. The van der Waals surface area contributed by atoms with Crippen LogP contribution in [-0.2, 0) is 19.1 Å². The fourth-order valence-electron chi connectivity index (χ4n) is 4.00. The summed E-state index contributed by atoms with van der Waals surface area (Å²) in [5.74, 6) is -2.04. The molecule has 34 heavy (non-hydrogen) atoms. The van der Waals surface area contributed by atoms with E-state index in [2.05, 4.69) is 22.8 Å². The van der Waals surface area contributed by atoms with E-state index >= 15 is 0 Å². The molecule has 0 fully saturated rings. The Kier molecular flexibility index (Phi) is 8.25. The van der Waals surface area contributed by atoms with E-state index in [4.69, 9.17) is 9.47 Å². The van der Waals surface area contributed by atoms with Gasteiger partial charge in [-0.25, -0.2) is 9.59 Å². The van der Waals surface area contributed by atoms with E-state index in [1.807, 2.05) is 36.4 Å². The van der Waals surface area contributed by atoms with Crippen molar-refractivity contribution in [3.8, 4) is 11.1 Å². The predicted molar refractivity (Wildman–Crippen MR) is 124 cm³/mol. The third-order valence-corrected chi connectivity index (χ3v) is 5.84. The van der Waals surface area contributed by atoms with Crippen LogP contribution in [0.25, 0.3) is 11.1 Å². The standard InChI is InChI=1S/C25H30N2O7/c1-3-33-16(12-22(29)27-25(2,15-28)23(30)31)13-26-24(32)34-14-21-19-10-6-4-8-17(19)18-9-5-7-11-20(18)21/h4-11,16,21,28H,3,12-15H2,1-2H3,(H,26,32)(H,27,29)(H,30,31). The van der Waals surface area contributed by atoms with Crippen molar-refractivity contribution >= 4 is 18.0 Å². The third kappa shape index (κ3) is 5.73. The Labute approximate surface area is 198 Å². The summed E-state index contributed by atoms with van der Waals surface area (Å²) in [5.41, 5.74) is 2.67. The molecule has 0 spiro atoms. The number of amides is 2. The Morgan fingerprint density at radius 2 is 1.65 bits per heavy atom. The van der Waals surface area contributed by atoms with Crippen molar-refractivity contribution in [1.82, 2.24) is 10.6 Å². The van der Waals surface area contributed by atoms with Gasteiger partial charge in [-0.2, -0.15) is 0 Å². The van der Waals surface area contributed by atoms with Crippen LogP contribution in [0.3, 0.4) is 0 Å². The Morgan fingerprint density at radius 3 is 2.18 bits per heavy atom. The van der Waals surface area contributed by atoms with Gasteiger partial charge in [0.15, 0.2) is 5.54 Å². The molecule has 182 valence electrons. The van der Waals surface area contributed by atoms with E-state index in [-0.39, 0.29) is 25.5 Å². The van der Waals surface area contributed by atoms with Gasteiger partial charge in [-0.05, 0) is 36.1 Å². The van der Waals surface area contributed by atoms with Gasteiger partial charge in [-0.1, -0.05) is 48.5 Å². The highest BCUT2D eigenvalue weighted by Gasteiger charge is 2.35. The number of rotatable bonds is 11. The zero-order valence-corrected chi connectivity index (χ0v) is 19.2. The van der Waals surface area contributed by atoms with Crippen LogP contribution in [0.4, 0.5) is 4.79 Å². The molecule has 0 radical (unpaired) electrons. The van der Waals surface area contributed by atoms with Gasteiger partial charge in [0.05, 0.1) is 19.1 Å². The number of aliphatic carboxylic acids is 1. The number of aliphatic hydroxyl groups excluding tert-OH is 1. The lowest BCUT2D eigenvalue weighted by Crippen LogP contribution is -2.55. The molecule has 2 amide bonds. The maximum Gasteiger partial charge on any atom is 0.407 e. The largest absolute Gasteiger partial charge is 0.479 e. The third-order valence-electron chi connectivity index (χ3n) is 5.84. The van der Waals surface area contributed by atoms with Gasteiger partial charge in [0.2, 0.25) is 5.91 Å². The molecule has 1 aliphatic rings. The molecule has 9 nitrogen and oxygen atoms in total. The summed E-state index contributed by atoms with van der Waals surface area (Å²) >= 11 is 0. The number of fused-ring (bicyclic) bond motifs is 3. The lowest BCUT2D eigenvalue weighted by molar-refractivity contribution is -0.149. The van der Waals surface area contributed by atoms with E-state index < -0.39 is 36.2 Å². The van der Waals surface area contributed by atoms with Gasteiger partial charge in [0.1, 0.15) is 6.61 Å². The Morgan fingerprint density at radius 1 is 1.06 bits per heavy atom. The van der Waals surface area contributed by atoms with Crippen molar-refractivity contribution in [1.29, 1.82) is 0 Å². The summed E-state index contributed by atoms with van der Waals surface area (Å²) < 4.78 is 11.0. The number of aliphatic hydroxyl groups is 1. The molecule has 4 N–H and O–H groups in total. The van der Waals surface area contributed by atoms with E-state index in [0.717, 1.165) is 22.3 Å². The first-order valence-corrected chi connectivity index (χ1v) is 11.1. The van der Waals surface area contributed by atoms with E-state index in [1.54, 1.807) is 6.92 Å². The van der Waals surface area contributed by atoms with Crippen LogP contribution in [0.2, 0.25) is 0 Å². The highest BCUT2D eigenvalue weighted by Crippen LogP contribution is 2.44. The monoisotopic (exact) mass is 470 g/mol. The van der Waals surface area contributed by atoms with Gasteiger partial charge >= 0.3 is 12.1 Å². The second kappa shape index (κ2) is 11.1. The van der Waals surface area contributed by atoms with Crippen molar-refractivity contribution < 1.29 is 34.1 Å². The molecule has 0 aliphatic heterocycles. The molecule has 1 aliphatic carbocycles. The highest BCUT2D eigenvalue weighted by atomic mass is 16.5. The van der Waals surface area contributed by atoms with Crippen molar-refractivity contribution in [2.45, 2.75) is 37.8 Å². The van der Waals surface area contributed by atoms with Gasteiger partial charge in [-0.3, -0.25) is 4.79 Å².